The first-order valence-corrected chi connectivity index (χ1v) is 3.79. The molecule has 11 heavy (non-hydrogen) atoms. The minimum Gasteiger partial charge on any atom is -0.396 e. The largest absolute Gasteiger partial charge is 0.396 e. The molecule has 2 N–H and O–H groups in total. The molecule has 1 unspecified atom stereocenters. The lowest BCUT2D eigenvalue weighted by Crippen LogP contribution is -2.41. The zero-order chi connectivity index (χ0) is 8.32. The van der Waals surface area contributed by atoms with E-state index in [1.54, 1.807) is 0 Å². The average Bonchev–Trinajstić information content (AvgIpc) is 2.06. The number of rotatable bonds is 2. The van der Waals surface area contributed by atoms with Gasteiger partial charge in [-0.3, -0.25) is 0 Å². The van der Waals surface area contributed by atoms with Crippen molar-refractivity contribution in [2.45, 2.75) is 19.9 Å². The standard InChI is InChI=1S/C9H14NO/c1-9(2,7-11)8-5-3-4-6-10-8/h3-5,8,10-11H,7H2,1-2H3. The molecule has 2 heteroatoms. The molecule has 0 spiro atoms. The lowest BCUT2D eigenvalue weighted by molar-refractivity contribution is 0.137. The predicted octanol–water partition coefficient (Wildman–Crippen LogP) is 0.850. The summed E-state index contributed by atoms with van der Waals surface area (Å²) in [7, 11) is 0. The number of hydrogen-bond acceptors (Lipinski definition) is 2. The van der Waals surface area contributed by atoms with Crippen LogP contribution in [0, 0.1) is 11.6 Å². The molecule has 0 bridgehead atoms. The highest BCUT2D eigenvalue weighted by Gasteiger charge is 2.26. The summed E-state index contributed by atoms with van der Waals surface area (Å²) in [6, 6.07) is 0.192. The summed E-state index contributed by atoms with van der Waals surface area (Å²) in [5, 5.41) is 12.1. The number of aliphatic hydroxyl groups excluding tert-OH is 1. The SMILES string of the molecule is CC(C)(CO)C1C=CC=[C]N1. The van der Waals surface area contributed by atoms with E-state index in [2.05, 4.69) is 11.5 Å². The fourth-order valence-corrected chi connectivity index (χ4v) is 0.955. The predicted molar refractivity (Wildman–Crippen MR) is 44.7 cm³/mol. The minimum atomic E-state index is -0.113. The summed E-state index contributed by atoms with van der Waals surface area (Å²) < 4.78 is 0. The molecule has 1 aliphatic rings. The van der Waals surface area contributed by atoms with Gasteiger partial charge in [-0.05, 0) is 6.08 Å². The Morgan fingerprint density at radius 3 is 2.82 bits per heavy atom. The van der Waals surface area contributed by atoms with Crippen molar-refractivity contribution in [2.75, 3.05) is 6.61 Å². The maximum atomic E-state index is 9.03. The van der Waals surface area contributed by atoms with Crippen LogP contribution >= 0.6 is 0 Å². The molecule has 0 amide bonds. The molecule has 1 radical (unpaired) electrons. The van der Waals surface area contributed by atoms with Crippen LogP contribution in [0.2, 0.25) is 0 Å². The number of dihydropyridines is 1. The lowest BCUT2D eigenvalue weighted by atomic mass is 9.84. The van der Waals surface area contributed by atoms with Crippen molar-refractivity contribution in [3.8, 4) is 0 Å². The van der Waals surface area contributed by atoms with Crippen LogP contribution in [0.15, 0.2) is 18.2 Å². The van der Waals surface area contributed by atoms with Crippen LogP contribution in [0.5, 0.6) is 0 Å². The molecule has 0 aliphatic carbocycles. The molecule has 1 atom stereocenters. The summed E-state index contributed by atoms with van der Waals surface area (Å²) >= 11 is 0. The normalized spacial score (nSPS) is 23.4. The zero-order valence-corrected chi connectivity index (χ0v) is 6.96. The van der Waals surface area contributed by atoms with Crippen LogP contribution in [0.25, 0.3) is 0 Å². The van der Waals surface area contributed by atoms with Crippen molar-refractivity contribution in [3.63, 3.8) is 0 Å². The molecule has 0 saturated heterocycles. The summed E-state index contributed by atoms with van der Waals surface area (Å²) in [6.45, 7) is 4.21. The molecule has 0 fully saturated rings. The van der Waals surface area contributed by atoms with Crippen LogP contribution in [0.3, 0.4) is 0 Å². The van der Waals surface area contributed by atoms with Crippen molar-refractivity contribution in [2.24, 2.45) is 5.41 Å². The Labute approximate surface area is 67.6 Å². The molecule has 0 aromatic rings. The van der Waals surface area contributed by atoms with Gasteiger partial charge in [0.25, 0.3) is 0 Å². The first-order chi connectivity index (χ1) is 5.17. The molecular weight excluding hydrogens is 138 g/mol. The zero-order valence-electron chi connectivity index (χ0n) is 6.96. The molecule has 0 saturated carbocycles. The molecule has 1 rings (SSSR count). The van der Waals surface area contributed by atoms with Gasteiger partial charge < -0.3 is 10.4 Å². The third-order valence-corrected chi connectivity index (χ3v) is 1.97. The van der Waals surface area contributed by atoms with E-state index in [0.717, 1.165) is 0 Å². The van der Waals surface area contributed by atoms with Crippen LogP contribution in [0.1, 0.15) is 13.8 Å². The van der Waals surface area contributed by atoms with Crippen LogP contribution in [0.4, 0.5) is 0 Å². The lowest BCUT2D eigenvalue weighted by Gasteiger charge is -2.31. The van der Waals surface area contributed by atoms with E-state index in [-0.39, 0.29) is 18.1 Å². The quantitative estimate of drug-likeness (QED) is 0.615. The molecule has 1 aliphatic heterocycles. The van der Waals surface area contributed by atoms with Gasteiger partial charge in [0.15, 0.2) is 0 Å². The molecule has 0 aromatic carbocycles. The van der Waals surface area contributed by atoms with E-state index in [1.165, 1.54) is 0 Å². The van der Waals surface area contributed by atoms with E-state index in [4.69, 9.17) is 5.11 Å². The number of allylic oxidation sites excluding steroid dienone is 2. The van der Waals surface area contributed by atoms with Gasteiger partial charge in [-0.2, -0.15) is 0 Å². The van der Waals surface area contributed by atoms with Gasteiger partial charge >= 0.3 is 0 Å². The summed E-state index contributed by atoms with van der Waals surface area (Å²) in [5.74, 6) is 0. The summed E-state index contributed by atoms with van der Waals surface area (Å²) in [4.78, 5) is 0. The third-order valence-electron chi connectivity index (χ3n) is 1.97. The van der Waals surface area contributed by atoms with Gasteiger partial charge in [0, 0.05) is 5.41 Å². The number of hydrogen-bond donors (Lipinski definition) is 2. The second kappa shape index (κ2) is 3.09. The minimum absolute atomic E-state index is 0.113. The van der Waals surface area contributed by atoms with E-state index < -0.39 is 0 Å². The first-order valence-electron chi connectivity index (χ1n) is 3.79. The second-order valence-electron chi connectivity index (χ2n) is 3.46. The van der Waals surface area contributed by atoms with Crippen LogP contribution in [-0.2, 0) is 0 Å². The fourth-order valence-electron chi connectivity index (χ4n) is 0.955. The van der Waals surface area contributed by atoms with Gasteiger partial charge in [0.1, 0.15) is 0 Å². The third kappa shape index (κ3) is 1.84. The molecule has 61 valence electrons. The topological polar surface area (TPSA) is 32.3 Å². The van der Waals surface area contributed by atoms with Crippen molar-refractivity contribution >= 4 is 0 Å². The Morgan fingerprint density at radius 1 is 1.64 bits per heavy atom. The van der Waals surface area contributed by atoms with Crippen molar-refractivity contribution in [1.29, 1.82) is 0 Å². The van der Waals surface area contributed by atoms with E-state index in [0.29, 0.717) is 0 Å². The van der Waals surface area contributed by atoms with Crippen LogP contribution in [-0.4, -0.2) is 17.8 Å². The molecule has 2 nitrogen and oxygen atoms in total. The Morgan fingerprint density at radius 2 is 2.36 bits per heavy atom. The number of nitrogens with one attached hydrogen (secondary N) is 1. The highest BCUT2D eigenvalue weighted by atomic mass is 16.3. The fraction of sp³-hybridized carbons (Fsp3) is 0.556. The van der Waals surface area contributed by atoms with Gasteiger partial charge in [-0.1, -0.05) is 26.0 Å². The number of aliphatic hydroxyl groups is 1. The Kier molecular flexibility index (Phi) is 2.35. The Balaban J connectivity index is 2.61. The first kappa shape index (κ1) is 8.34. The molecule has 0 aromatic heterocycles. The second-order valence-corrected chi connectivity index (χ2v) is 3.46. The van der Waals surface area contributed by atoms with E-state index in [1.807, 2.05) is 32.1 Å². The van der Waals surface area contributed by atoms with Gasteiger partial charge in [-0.15, -0.1) is 0 Å². The monoisotopic (exact) mass is 152 g/mol. The van der Waals surface area contributed by atoms with Crippen molar-refractivity contribution < 1.29 is 5.11 Å². The van der Waals surface area contributed by atoms with Gasteiger partial charge in [-0.25, -0.2) is 0 Å². The summed E-state index contributed by atoms with van der Waals surface area (Å²) in [5.41, 5.74) is -0.113. The van der Waals surface area contributed by atoms with E-state index >= 15 is 0 Å². The maximum absolute atomic E-state index is 9.03. The van der Waals surface area contributed by atoms with Gasteiger partial charge in [0.05, 0.1) is 18.8 Å². The van der Waals surface area contributed by atoms with Crippen molar-refractivity contribution in [1.82, 2.24) is 5.32 Å². The Hall–Kier alpha value is -0.760. The summed E-state index contributed by atoms with van der Waals surface area (Å²) in [6.07, 6.45) is 8.70. The highest BCUT2D eigenvalue weighted by molar-refractivity contribution is 5.12. The van der Waals surface area contributed by atoms with Gasteiger partial charge in [0.2, 0.25) is 0 Å². The Bertz CT molecular complexity index is 182. The molecule has 1 heterocycles. The van der Waals surface area contributed by atoms with E-state index in [9.17, 15) is 0 Å². The average molecular weight is 152 g/mol. The maximum Gasteiger partial charge on any atom is 0.0580 e. The van der Waals surface area contributed by atoms with Crippen LogP contribution < -0.4 is 5.32 Å². The smallest absolute Gasteiger partial charge is 0.0580 e. The highest BCUT2D eigenvalue weighted by Crippen LogP contribution is 2.21. The van der Waals surface area contributed by atoms with Crippen molar-refractivity contribution in [3.05, 3.63) is 24.4 Å². The molecular formula is C9H14NO.